The van der Waals surface area contributed by atoms with Crippen LogP contribution in [0.15, 0.2) is 28.7 Å². The number of fused-ring (bicyclic) bond motifs is 1. The number of aromatic nitrogens is 4. The first-order valence-electron chi connectivity index (χ1n) is 6.64. The van der Waals surface area contributed by atoms with E-state index in [1.165, 1.54) is 12.8 Å². The monoisotopic (exact) mass is 267 g/mol. The normalized spacial score (nSPS) is 14.7. The molecule has 100 valence electrons. The van der Waals surface area contributed by atoms with E-state index in [1.807, 2.05) is 24.3 Å². The summed E-state index contributed by atoms with van der Waals surface area (Å²) >= 11 is 0. The van der Waals surface area contributed by atoms with Gasteiger partial charge in [-0.25, -0.2) is 0 Å². The fraction of sp³-hybridized carbons (Fsp3) is 0.286. The average molecular weight is 267 g/mol. The highest BCUT2D eigenvalue weighted by Crippen LogP contribution is 2.31. The third kappa shape index (κ3) is 1.89. The van der Waals surface area contributed by atoms with Gasteiger partial charge in [0.05, 0.1) is 0 Å². The zero-order valence-electron chi connectivity index (χ0n) is 11.0. The van der Waals surface area contributed by atoms with E-state index in [-0.39, 0.29) is 0 Å². The van der Waals surface area contributed by atoms with Gasteiger partial charge in [0.2, 0.25) is 5.89 Å². The fourth-order valence-corrected chi connectivity index (χ4v) is 2.18. The van der Waals surface area contributed by atoms with Gasteiger partial charge in [-0.3, -0.25) is 0 Å². The van der Waals surface area contributed by atoms with Gasteiger partial charge in [-0.05, 0) is 12.8 Å². The smallest absolute Gasteiger partial charge is 0.268 e. The van der Waals surface area contributed by atoms with Gasteiger partial charge < -0.3 is 9.73 Å². The molecule has 0 amide bonds. The Bertz CT molecular complexity index is 778. The van der Waals surface area contributed by atoms with Crippen molar-refractivity contribution >= 4 is 16.6 Å². The van der Waals surface area contributed by atoms with E-state index >= 15 is 0 Å². The highest BCUT2D eigenvalue weighted by molar-refractivity contribution is 5.98. The van der Waals surface area contributed by atoms with Crippen molar-refractivity contribution in [3.8, 4) is 11.6 Å². The molecule has 1 aliphatic rings. The molecule has 1 N–H and O–H groups in total. The maximum atomic E-state index is 5.47. The van der Waals surface area contributed by atoms with E-state index in [4.69, 9.17) is 4.42 Å². The van der Waals surface area contributed by atoms with Gasteiger partial charge in [-0.2, -0.15) is 0 Å². The summed E-state index contributed by atoms with van der Waals surface area (Å²) in [7, 11) is 0. The molecule has 0 aliphatic heterocycles. The molecule has 2 aromatic heterocycles. The van der Waals surface area contributed by atoms with Crippen LogP contribution in [0.4, 0.5) is 5.82 Å². The molecule has 20 heavy (non-hydrogen) atoms. The first-order valence-corrected chi connectivity index (χ1v) is 6.64. The third-order valence-corrected chi connectivity index (χ3v) is 3.33. The van der Waals surface area contributed by atoms with Gasteiger partial charge >= 0.3 is 0 Å². The lowest BCUT2D eigenvalue weighted by Crippen LogP contribution is -2.05. The summed E-state index contributed by atoms with van der Waals surface area (Å²) in [6.45, 7) is 1.76. The Morgan fingerprint density at radius 1 is 1.05 bits per heavy atom. The molecule has 0 bridgehead atoms. The number of hydrogen-bond donors (Lipinski definition) is 1. The number of anilines is 1. The Balaban J connectivity index is 1.90. The molecule has 0 saturated heterocycles. The Morgan fingerprint density at radius 2 is 1.85 bits per heavy atom. The number of hydrogen-bond acceptors (Lipinski definition) is 6. The van der Waals surface area contributed by atoms with Crippen molar-refractivity contribution in [2.45, 2.75) is 25.8 Å². The van der Waals surface area contributed by atoms with Gasteiger partial charge in [0.15, 0.2) is 11.5 Å². The molecule has 0 radical (unpaired) electrons. The van der Waals surface area contributed by atoms with Crippen LogP contribution in [0.5, 0.6) is 0 Å². The molecule has 0 atom stereocenters. The molecule has 1 fully saturated rings. The molecule has 0 unspecified atom stereocenters. The van der Waals surface area contributed by atoms with Crippen molar-refractivity contribution in [1.82, 2.24) is 20.4 Å². The minimum absolute atomic E-state index is 0.407. The zero-order chi connectivity index (χ0) is 13.5. The SMILES string of the molecule is Cc1nnc(-c2nnc(NC3CC3)c3ccccc23)o1. The van der Waals surface area contributed by atoms with Crippen LogP contribution in [0.3, 0.4) is 0 Å². The topological polar surface area (TPSA) is 76.7 Å². The summed E-state index contributed by atoms with van der Waals surface area (Å²) in [5.74, 6) is 1.75. The van der Waals surface area contributed by atoms with Crippen molar-refractivity contribution in [1.29, 1.82) is 0 Å². The fourth-order valence-electron chi connectivity index (χ4n) is 2.18. The van der Waals surface area contributed by atoms with Crippen molar-refractivity contribution < 1.29 is 4.42 Å². The summed E-state index contributed by atoms with van der Waals surface area (Å²) in [5.41, 5.74) is 0.627. The lowest BCUT2D eigenvalue weighted by molar-refractivity contribution is 0.531. The maximum absolute atomic E-state index is 5.47. The van der Waals surface area contributed by atoms with Crippen molar-refractivity contribution in [3.05, 3.63) is 30.2 Å². The first kappa shape index (κ1) is 11.3. The molecule has 1 aliphatic carbocycles. The second-order valence-electron chi connectivity index (χ2n) is 4.99. The number of benzene rings is 1. The quantitative estimate of drug-likeness (QED) is 0.786. The third-order valence-electron chi connectivity index (χ3n) is 3.33. The van der Waals surface area contributed by atoms with Gasteiger partial charge in [-0.15, -0.1) is 20.4 Å². The molecule has 4 rings (SSSR count). The van der Waals surface area contributed by atoms with E-state index in [1.54, 1.807) is 6.92 Å². The molecule has 6 heteroatoms. The predicted octanol–water partition coefficient (Wildman–Crippen LogP) is 2.56. The second-order valence-corrected chi connectivity index (χ2v) is 4.99. The van der Waals surface area contributed by atoms with Gasteiger partial charge in [0.1, 0.15) is 0 Å². The van der Waals surface area contributed by atoms with Crippen LogP contribution in [0.2, 0.25) is 0 Å². The van der Waals surface area contributed by atoms with Crippen LogP contribution in [0.1, 0.15) is 18.7 Å². The van der Waals surface area contributed by atoms with Gasteiger partial charge in [-0.1, -0.05) is 24.3 Å². The molecule has 1 aromatic carbocycles. The first-order chi connectivity index (χ1) is 9.81. The number of nitrogens with zero attached hydrogens (tertiary/aromatic N) is 4. The van der Waals surface area contributed by atoms with E-state index < -0.39 is 0 Å². The molecular weight excluding hydrogens is 254 g/mol. The second kappa shape index (κ2) is 4.26. The number of nitrogens with one attached hydrogen (secondary N) is 1. The molecule has 2 heterocycles. The largest absolute Gasteiger partial charge is 0.420 e. The van der Waals surface area contributed by atoms with E-state index in [0.29, 0.717) is 23.5 Å². The highest BCUT2D eigenvalue weighted by atomic mass is 16.4. The summed E-state index contributed by atoms with van der Waals surface area (Å²) < 4.78 is 5.47. The van der Waals surface area contributed by atoms with Crippen molar-refractivity contribution in [3.63, 3.8) is 0 Å². The predicted molar refractivity (Wildman–Crippen MR) is 74.2 cm³/mol. The van der Waals surface area contributed by atoms with Crippen LogP contribution < -0.4 is 5.32 Å². The lowest BCUT2D eigenvalue weighted by atomic mass is 10.1. The van der Waals surface area contributed by atoms with Crippen molar-refractivity contribution in [2.75, 3.05) is 5.32 Å². The van der Waals surface area contributed by atoms with Crippen LogP contribution >= 0.6 is 0 Å². The summed E-state index contributed by atoms with van der Waals surface area (Å²) in [6.07, 6.45) is 2.39. The highest BCUT2D eigenvalue weighted by Gasteiger charge is 2.23. The Morgan fingerprint density at radius 3 is 2.55 bits per heavy atom. The minimum atomic E-state index is 0.407. The van der Waals surface area contributed by atoms with E-state index in [0.717, 1.165) is 16.6 Å². The Labute approximate surface area is 115 Å². The Kier molecular flexibility index (Phi) is 2.42. The summed E-state index contributed by atoms with van der Waals surface area (Å²) in [6, 6.07) is 8.52. The zero-order valence-corrected chi connectivity index (χ0v) is 11.0. The average Bonchev–Trinajstić information content (AvgIpc) is 3.19. The lowest BCUT2D eigenvalue weighted by Gasteiger charge is -2.08. The summed E-state index contributed by atoms with van der Waals surface area (Å²) in [5, 5.41) is 21.8. The van der Waals surface area contributed by atoms with Crippen molar-refractivity contribution in [2.24, 2.45) is 0 Å². The standard InChI is InChI=1S/C14H13N5O/c1-8-16-19-14(20-8)12-10-4-2-3-5-11(10)13(18-17-12)15-9-6-7-9/h2-5,9H,6-7H2,1H3,(H,15,18). The van der Waals surface area contributed by atoms with Crippen LogP contribution in [0.25, 0.3) is 22.4 Å². The molecule has 1 saturated carbocycles. The van der Waals surface area contributed by atoms with E-state index in [9.17, 15) is 0 Å². The molecule has 0 spiro atoms. The van der Waals surface area contributed by atoms with E-state index in [2.05, 4.69) is 25.7 Å². The Hall–Kier alpha value is -2.50. The number of aryl methyl sites for hydroxylation is 1. The maximum Gasteiger partial charge on any atom is 0.268 e. The molecule has 3 aromatic rings. The molecule has 6 nitrogen and oxygen atoms in total. The van der Waals surface area contributed by atoms with Crippen LogP contribution in [-0.2, 0) is 0 Å². The minimum Gasteiger partial charge on any atom is -0.420 e. The number of rotatable bonds is 3. The summed E-state index contributed by atoms with van der Waals surface area (Å²) in [4.78, 5) is 0. The molecular formula is C14H13N5O. The van der Waals surface area contributed by atoms with Crippen LogP contribution in [-0.4, -0.2) is 26.4 Å². The van der Waals surface area contributed by atoms with Gasteiger partial charge in [0, 0.05) is 23.7 Å². The van der Waals surface area contributed by atoms with Crippen LogP contribution in [0, 0.1) is 6.92 Å². The van der Waals surface area contributed by atoms with Gasteiger partial charge in [0.25, 0.3) is 5.89 Å².